The van der Waals surface area contributed by atoms with Crippen LogP contribution < -0.4 is 0 Å². The molecule has 0 spiro atoms. The highest BCUT2D eigenvalue weighted by Crippen LogP contribution is 2.25. The van der Waals surface area contributed by atoms with E-state index in [2.05, 4.69) is 4.98 Å². The molecule has 3 rings (SSSR count). The maximum atomic E-state index is 12.9. The number of carbonyl (C=O) groups is 1. The van der Waals surface area contributed by atoms with E-state index in [1.54, 1.807) is 37.3 Å². The summed E-state index contributed by atoms with van der Waals surface area (Å²) in [6, 6.07) is 10.2. The van der Waals surface area contributed by atoms with Crippen LogP contribution in [-0.2, 0) is 17.8 Å². The highest BCUT2D eigenvalue weighted by Gasteiger charge is 2.22. The van der Waals surface area contributed by atoms with E-state index in [4.69, 9.17) is 23.2 Å². The standard InChI is InChI=1S/C21H23Cl2N3O4S/c1-13(27)4-3-9-26(31(29)30)21(28)15-6-8-19-20(10-15)25(14(2)24-19)12-16-5-7-17(22)11-18(16)23/h5-8,10-11,13,27H,3-4,9,12H2,1-2H3,(H,29,30)/t13-/m1/s1. The Hall–Kier alpha value is -1.97. The number of hydrogen-bond donors (Lipinski definition) is 2. The summed E-state index contributed by atoms with van der Waals surface area (Å²) >= 11 is 9.84. The molecule has 2 N–H and O–H groups in total. The monoisotopic (exact) mass is 483 g/mol. The smallest absolute Gasteiger partial charge is 0.267 e. The molecule has 0 fully saturated rings. The van der Waals surface area contributed by atoms with Crippen molar-refractivity contribution >= 4 is 51.4 Å². The molecular weight excluding hydrogens is 461 g/mol. The van der Waals surface area contributed by atoms with Gasteiger partial charge in [0.05, 0.1) is 23.7 Å². The molecule has 1 amide bonds. The molecule has 31 heavy (non-hydrogen) atoms. The van der Waals surface area contributed by atoms with Gasteiger partial charge in [-0.3, -0.25) is 9.35 Å². The number of carbonyl (C=O) groups excluding carboxylic acids is 1. The topological polar surface area (TPSA) is 95.7 Å². The zero-order chi connectivity index (χ0) is 22.7. The van der Waals surface area contributed by atoms with Crippen molar-refractivity contribution in [1.29, 1.82) is 0 Å². The molecule has 10 heteroatoms. The fourth-order valence-electron chi connectivity index (χ4n) is 3.32. The normalized spacial score (nSPS) is 13.4. The fourth-order valence-corrected chi connectivity index (χ4v) is 4.32. The van der Waals surface area contributed by atoms with Crippen LogP contribution in [0.3, 0.4) is 0 Å². The fraction of sp³-hybridized carbons (Fsp3) is 0.333. The lowest BCUT2D eigenvalue weighted by Crippen LogP contribution is -2.33. The van der Waals surface area contributed by atoms with Gasteiger partial charge < -0.3 is 9.67 Å². The minimum absolute atomic E-state index is 0.0591. The van der Waals surface area contributed by atoms with Crippen molar-refractivity contribution in [2.24, 2.45) is 0 Å². The highest BCUT2D eigenvalue weighted by atomic mass is 35.5. The van der Waals surface area contributed by atoms with Crippen molar-refractivity contribution in [3.05, 3.63) is 63.4 Å². The lowest BCUT2D eigenvalue weighted by Gasteiger charge is -2.18. The summed E-state index contributed by atoms with van der Waals surface area (Å²) in [5.74, 6) is 0.174. The van der Waals surface area contributed by atoms with Crippen LogP contribution in [0.5, 0.6) is 0 Å². The molecule has 1 aromatic heterocycles. The predicted molar refractivity (Wildman–Crippen MR) is 123 cm³/mol. The van der Waals surface area contributed by atoms with Crippen molar-refractivity contribution in [2.45, 2.75) is 39.3 Å². The van der Waals surface area contributed by atoms with Gasteiger partial charge in [-0.05, 0) is 62.6 Å². The summed E-state index contributed by atoms with van der Waals surface area (Å²) in [6.07, 6.45) is 0.287. The first-order chi connectivity index (χ1) is 14.7. The van der Waals surface area contributed by atoms with Crippen LogP contribution in [0.4, 0.5) is 0 Å². The van der Waals surface area contributed by atoms with Crippen molar-refractivity contribution in [1.82, 2.24) is 13.9 Å². The number of amides is 1. The molecule has 0 aliphatic heterocycles. The molecule has 0 bridgehead atoms. The summed E-state index contributed by atoms with van der Waals surface area (Å²) in [5, 5.41) is 10.5. The van der Waals surface area contributed by atoms with Gasteiger partial charge in [-0.25, -0.2) is 13.5 Å². The molecular formula is C21H23Cl2N3O4S. The van der Waals surface area contributed by atoms with E-state index in [9.17, 15) is 18.7 Å². The van der Waals surface area contributed by atoms with Gasteiger partial charge >= 0.3 is 0 Å². The number of nitrogens with zero attached hydrogens (tertiary/aromatic N) is 3. The summed E-state index contributed by atoms with van der Waals surface area (Å²) < 4.78 is 24.1. The van der Waals surface area contributed by atoms with Crippen LogP contribution >= 0.6 is 23.2 Å². The Morgan fingerprint density at radius 3 is 2.65 bits per heavy atom. The Labute approximate surface area is 193 Å². The lowest BCUT2D eigenvalue weighted by atomic mass is 10.1. The van der Waals surface area contributed by atoms with Crippen LogP contribution in [0.2, 0.25) is 10.0 Å². The van der Waals surface area contributed by atoms with E-state index in [0.717, 1.165) is 15.7 Å². The van der Waals surface area contributed by atoms with E-state index in [1.807, 2.05) is 17.6 Å². The second-order valence-electron chi connectivity index (χ2n) is 7.31. The largest absolute Gasteiger partial charge is 0.393 e. The lowest BCUT2D eigenvalue weighted by molar-refractivity contribution is 0.0852. The van der Waals surface area contributed by atoms with Crippen molar-refractivity contribution in [3.8, 4) is 0 Å². The van der Waals surface area contributed by atoms with Crippen molar-refractivity contribution < 1.29 is 18.7 Å². The number of hydrogen-bond acceptors (Lipinski definition) is 4. The van der Waals surface area contributed by atoms with Gasteiger partial charge in [-0.15, -0.1) is 0 Å². The number of imidazole rings is 1. The third-order valence-corrected chi connectivity index (χ3v) is 6.24. The summed E-state index contributed by atoms with van der Waals surface area (Å²) in [4.78, 5) is 17.5. The van der Waals surface area contributed by atoms with Crippen LogP contribution in [0.1, 0.15) is 41.5 Å². The van der Waals surface area contributed by atoms with Crippen LogP contribution in [0.15, 0.2) is 36.4 Å². The maximum Gasteiger partial charge on any atom is 0.267 e. The molecule has 1 heterocycles. The second kappa shape index (κ2) is 10.1. The van der Waals surface area contributed by atoms with Crippen LogP contribution in [0, 0.1) is 6.92 Å². The van der Waals surface area contributed by atoms with E-state index >= 15 is 0 Å². The summed E-state index contributed by atoms with van der Waals surface area (Å²) in [7, 11) is 0. The number of aliphatic hydroxyl groups excluding tert-OH is 1. The Balaban J connectivity index is 1.93. The zero-order valence-corrected chi connectivity index (χ0v) is 19.4. The van der Waals surface area contributed by atoms with Crippen molar-refractivity contribution in [2.75, 3.05) is 6.54 Å². The number of halogens is 2. The van der Waals surface area contributed by atoms with Gasteiger partial charge in [0.2, 0.25) is 0 Å². The Bertz CT molecular complexity index is 1130. The van der Waals surface area contributed by atoms with Gasteiger partial charge in [-0.1, -0.05) is 29.3 Å². The SMILES string of the molecule is Cc1nc2ccc(C(=O)N(CCC[C@@H](C)O)S(=O)O)cc2n1Cc1ccc(Cl)cc1Cl. The van der Waals surface area contributed by atoms with Gasteiger partial charge in [0.25, 0.3) is 17.2 Å². The van der Waals surface area contributed by atoms with Crippen molar-refractivity contribution in [3.63, 3.8) is 0 Å². The Kier molecular flexibility index (Phi) is 7.72. The molecule has 166 valence electrons. The number of aliphatic hydroxyl groups is 1. The number of aromatic nitrogens is 2. The quantitative estimate of drug-likeness (QED) is 0.461. The number of aryl methyl sites for hydroxylation is 1. The van der Waals surface area contributed by atoms with E-state index < -0.39 is 23.3 Å². The molecule has 3 aromatic rings. The third kappa shape index (κ3) is 5.64. The molecule has 0 saturated heterocycles. The summed E-state index contributed by atoms with van der Waals surface area (Å²) in [5.41, 5.74) is 2.53. The first kappa shape index (κ1) is 23.7. The molecule has 0 radical (unpaired) electrons. The average molecular weight is 484 g/mol. The molecule has 2 atom stereocenters. The molecule has 2 aromatic carbocycles. The molecule has 0 saturated carbocycles. The van der Waals surface area contributed by atoms with E-state index in [1.165, 1.54) is 0 Å². The number of benzene rings is 2. The zero-order valence-electron chi connectivity index (χ0n) is 17.1. The van der Waals surface area contributed by atoms with Gasteiger partial charge in [0, 0.05) is 22.2 Å². The average Bonchev–Trinajstić information content (AvgIpc) is 3.00. The molecule has 0 aliphatic carbocycles. The second-order valence-corrected chi connectivity index (χ2v) is 9.06. The van der Waals surface area contributed by atoms with Crippen LogP contribution in [-0.4, -0.2) is 46.3 Å². The minimum Gasteiger partial charge on any atom is -0.393 e. The molecule has 1 unspecified atom stereocenters. The van der Waals surface area contributed by atoms with Gasteiger partial charge in [0.1, 0.15) is 5.82 Å². The first-order valence-electron chi connectivity index (χ1n) is 9.69. The summed E-state index contributed by atoms with van der Waals surface area (Å²) in [6.45, 7) is 3.98. The highest BCUT2D eigenvalue weighted by molar-refractivity contribution is 7.77. The number of rotatable bonds is 8. The maximum absolute atomic E-state index is 12.9. The van der Waals surface area contributed by atoms with Gasteiger partial charge in [-0.2, -0.15) is 0 Å². The molecule has 7 nitrogen and oxygen atoms in total. The predicted octanol–water partition coefficient (Wildman–Crippen LogP) is 4.44. The van der Waals surface area contributed by atoms with Gasteiger partial charge in [0.15, 0.2) is 0 Å². The Morgan fingerprint density at radius 2 is 2.00 bits per heavy atom. The number of fused-ring (bicyclic) bond motifs is 1. The molecule has 0 aliphatic rings. The first-order valence-corrected chi connectivity index (χ1v) is 11.5. The van der Waals surface area contributed by atoms with E-state index in [0.29, 0.717) is 40.5 Å². The minimum atomic E-state index is -2.47. The van der Waals surface area contributed by atoms with Crippen LogP contribution in [0.25, 0.3) is 11.0 Å². The van der Waals surface area contributed by atoms with E-state index in [-0.39, 0.29) is 12.1 Å². The third-order valence-electron chi connectivity index (χ3n) is 4.93. The Morgan fingerprint density at radius 1 is 1.26 bits per heavy atom.